The molecule has 0 aliphatic heterocycles. The Kier molecular flexibility index (Phi) is 5.47. The average Bonchev–Trinajstić information content (AvgIpc) is 2.97. The van der Waals surface area contributed by atoms with Crippen molar-refractivity contribution in [2.75, 3.05) is 12.4 Å². The average molecular weight is 294 g/mol. The van der Waals surface area contributed by atoms with Crippen molar-refractivity contribution in [3.8, 4) is 0 Å². The Labute approximate surface area is 127 Å². The van der Waals surface area contributed by atoms with Gasteiger partial charge in [0, 0.05) is 24.4 Å². The summed E-state index contributed by atoms with van der Waals surface area (Å²) in [6, 6.07) is 10.2. The third kappa shape index (κ3) is 3.35. The van der Waals surface area contributed by atoms with Crippen LogP contribution in [0.15, 0.2) is 30.3 Å². The van der Waals surface area contributed by atoms with Crippen molar-refractivity contribution in [2.45, 2.75) is 45.6 Å². The highest BCUT2D eigenvalue weighted by atomic mass is 35.5. The van der Waals surface area contributed by atoms with Crippen molar-refractivity contribution in [2.24, 2.45) is 5.41 Å². The number of carbonyl (C=O) groups excluding carboxylic acids is 1. The van der Waals surface area contributed by atoms with Gasteiger partial charge in [-0.2, -0.15) is 0 Å². The van der Waals surface area contributed by atoms with Gasteiger partial charge in [-0.05, 0) is 24.8 Å². The van der Waals surface area contributed by atoms with Crippen LogP contribution in [0.3, 0.4) is 0 Å². The number of amides is 1. The Morgan fingerprint density at radius 3 is 2.45 bits per heavy atom. The zero-order valence-electron chi connectivity index (χ0n) is 12.3. The van der Waals surface area contributed by atoms with E-state index in [1.807, 2.05) is 23.1 Å². The molecular formula is C17H24ClNO. The molecule has 0 unspecified atom stereocenters. The van der Waals surface area contributed by atoms with Crippen LogP contribution in [-0.2, 0) is 11.3 Å². The standard InChI is InChI=1S/C17H24ClNO/c1-2-17(10-6-7-11-17)16(20)19(13-12-18)14-15-8-4-3-5-9-15/h3-5,8-9H,2,6-7,10-14H2,1H3. The first-order valence-corrected chi connectivity index (χ1v) is 8.14. The molecule has 0 saturated heterocycles. The zero-order chi connectivity index (χ0) is 14.4. The lowest BCUT2D eigenvalue weighted by Crippen LogP contribution is -2.43. The number of nitrogens with zero attached hydrogens (tertiary/aromatic N) is 1. The summed E-state index contributed by atoms with van der Waals surface area (Å²) < 4.78 is 0. The van der Waals surface area contributed by atoms with Gasteiger partial charge in [-0.1, -0.05) is 50.1 Å². The van der Waals surface area contributed by atoms with E-state index in [0.29, 0.717) is 24.9 Å². The third-order valence-corrected chi connectivity index (χ3v) is 4.72. The largest absolute Gasteiger partial charge is 0.337 e. The molecule has 2 nitrogen and oxygen atoms in total. The van der Waals surface area contributed by atoms with Crippen molar-refractivity contribution in [1.29, 1.82) is 0 Å². The second-order valence-electron chi connectivity index (χ2n) is 5.74. The number of hydrogen-bond acceptors (Lipinski definition) is 1. The van der Waals surface area contributed by atoms with Crippen LogP contribution in [0.1, 0.15) is 44.6 Å². The second-order valence-corrected chi connectivity index (χ2v) is 6.12. The number of hydrogen-bond donors (Lipinski definition) is 0. The van der Waals surface area contributed by atoms with Crippen LogP contribution in [0, 0.1) is 5.41 Å². The van der Waals surface area contributed by atoms with E-state index < -0.39 is 0 Å². The fraction of sp³-hybridized carbons (Fsp3) is 0.588. The first-order chi connectivity index (χ1) is 9.72. The summed E-state index contributed by atoms with van der Waals surface area (Å²) in [5, 5.41) is 0. The van der Waals surface area contributed by atoms with E-state index >= 15 is 0 Å². The molecule has 20 heavy (non-hydrogen) atoms. The normalized spacial score (nSPS) is 17.1. The summed E-state index contributed by atoms with van der Waals surface area (Å²) in [7, 11) is 0. The lowest BCUT2D eigenvalue weighted by Gasteiger charge is -2.33. The summed E-state index contributed by atoms with van der Waals surface area (Å²) >= 11 is 5.91. The molecule has 2 rings (SSSR count). The fourth-order valence-corrected chi connectivity index (χ4v) is 3.47. The first kappa shape index (κ1) is 15.4. The van der Waals surface area contributed by atoms with Gasteiger partial charge in [-0.15, -0.1) is 11.6 Å². The van der Waals surface area contributed by atoms with Crippen LogP contribution in [0.4, 0.5) is 0 Å². The van der Waals surface area contributed by atoms with Crippen molar-refractivity contribution < 1.29 is 4.79 Å². The lowest BCUT2D eigenvalue weighted by atomic mass is 9.81. The summed E-state index contributed by atoms with van der Waals surface area (Å²) in [4.78, 5) is 14.9. The lowest BCUT2D eigenvalue weighted by molar-refractivity contribution is -0.142. The molecule has 1 aromatic carbocycles. The highest BCUT2D eigenvalue weighted by molar-refractivity contribution is 6.18. The van der Waals surface area contributed by atoms with E-state index in [0.717, 1.165) is 19.3 Å². The Balaban J connectivity index is 2.13. The molecule has 1 aliphatic rings. The molecule has 110 valence electrons. The Morgan fingerprint density at radius 2 is 1.90 bits per heavy atom. The second kappa shape index (κ2) is 7.12. The van der Waals surface area contributed by atoms with Gasteiger partial charge in [0.1, 0.15) is 0 Å². The minimum absolute atomic E-state index is 0.124. The van der Waals surface area contributed by atoms with Crippen LogP contribution in [-0.4, -0.2) is 23.2 Å². The third-order valence-electron chi connectivity index (χ3n) is 4.55. The van der Waals surface area contributed by atoms with E-state index in [1.54, 1.807) is 0 Å². The van der Waals surface area contributed by atoms with Gasteiger partial charge in [-0.3, -0.25) is 4.79 Å². The number of alkyl halides is 1. The van der Waals surface area contributed by atoms with Crippen molar-refractivity contribution >= 4 is 17.5 Å². The summed E-state index contributed by atoms with van der Waals surface area (Å²) in [5.74, 6) is 0.806. The highest BCUT2D eigenvalue weighted by Gasteiger charge is 2.41. The Hall–Kier alpha value is -1.02. The van der Waals surface area contributed by atoms with Gasteiger partial charge in [0.15, 0.2) is 0 Å². The molecule has 0 N–H and O–H groups in total. The minimum atomic E-state index is -0.124. The van der Waals surface area contributed by atoms with Crippen LogP contribution >= 0.6 is 11.6 Å². The highest BCUT2D eigenvalue weighted by Crippen LogP contribution is 2.42. The molecule has 0 radical (unpaired) electrons. The van der Waals surface area contributed by atoms with Gasteiger partial charge < -0.3 is 4.90 Å². The van der Waals surface area contributed by atoms with Gasteiger partial charge in [0.05, 0.1) is 0 Å². The van der Waals surface area contributed by atoms with E-state index in [1.165, 1.54) is 18.4 Å². The Bertz CT molecular complexity index is 426. The van der Waals surface area contributed by atoms with Crippen molar-refractivity contribution in [3.05, 3.63) is 35.9 Å². The molecule has 1 aliphatic carbocycles. The molecule has 1 aromatic rings. The first-order valence-electron chi connectivity index (χ1n) is 7.61. The molecule has 3 heteroatoms. The SMILES string of the molecule is CCC1(C(=O)N(CCCl)Cc2ccccc2)CCCC1. The van der Waals surface area contributed by atoms with Crippen molar-refractivity contribution in [1.82, 2.24) is 4.90 Å². The maximum atomic E-state index is 13.0. The van der Waals surface area contributed by atoms with Gasteiger partial charge >= 0.3 is 0 Å². The molecule has 0 atom stereocenters. The van der Waals surface area contributed by atoms with Gasteiger partial charge in [0.25, 0.3) is 0 Å². The molecular weight excluding hydrogens is 270 g/mol. The predicted molar refractivity (Wildman–Crippen MR) is 83.8 cm³/mol. The van der Waals surface area contributed by atoms with Crippen LogP contribution in [0.2, 0.25) is 0 Å². The molecule has 0 bridgehead atoms. The van der Waals surface area contributed by atoms with Crippen LogP contribution in [0.25, 0.3) is 0 Å². The molecule has 1 fully saturated rings. The quantitative estimate of drug-likeness (QED) is 0.719. The smallest absolute Gasteiger partial charge is 0.229 e. The summed E-state index contributed by atoms with van der Waals surface area (Å²) in [6.45, 7) is 3.45. The number of halogens is 1. The van der Waals surface area contributed by atoms with Gasteiger partial charge in [-0.25, -0.2) is 0 Å². The minimum Gasteiger partial charge on any atom is -0.337 e. The van der Waals surface area contributed by atoms with Gasteiger partial charge in [0.2, 0.25) is 5.91 Å². The zero-order valence-corrected chi connectivity index (χ0v) is 13.0. The summed E-state index contributed by atoms with van der Waals surface area (Å²) in [5.41, 5.74) is 1.05. The number of carbonyl (C=O) groups is 1. The molecule has 1 amide bonds. The van der Waals surface area contributed by atoms with E-state index in [2.05, 4.69) is 19.1 Å². The molecule has 1 saturated carbocycles. The predicted octanol–water partition coefficient (Wildman–Crippen LogP) is 4.22. The van der Waals surface area contributed by atoms with Crippen LogP contribution in [0.5, 0.6) is 0 Å². The topological polar surface area (TPSA) is 20.3 Å². The maximum Gasteiger partial charge on any atom is 0.229 e. The summed E-state index contributed by atoms with van der Waals surface area (Å²) in [6.07, 6.45) is 5.38. The molecule has 0 heterocycles. The van der Waals surface area contributed by atoms with Crippen molar-refractivity contribution in [3.63, 3.8) is 0 Å². The molecule has 0 spiro atoms. The number of rotatable bonds is 6. The maximum absolute atomic E-state index is 13.0. The Morgan fingerprint density at radius 1 is 1.25 bits per heavy atom. The molecule has 0 aromatic heterocycles. The monoisotopic (exact) mass is 293 g/mol. The number of benzene rings is 1. The fourth-order valence-electron chi connectivity index (χ4n) is 3.26. The van der Waals surface area contributed by atoms with Crippen LogP contribution < -0.4 is 0 Å². The van der Waals surface area contributed by atoms with E-state index in [-0.39, 0.29) is 5.41 Å². The van der Waals surface area contributed by atoms with E-state index in [9.17, 15) is 4.79 Å². The van der Waals surface area contributed by atoms with E-state index in [4.69, 9.17) is 11.6 Å².